The Kier molecular flexibility index (Phi) is 3.88. The van der Waals surface area contributed by atoms with Crippen LogP contribution >= 0.6 is 15.9 Å². The standard InChI is InChI=1S/C16H18BrN/c1-10-7-13(9-14(17)8-10)16(18)15-6-4-5-11(2)12(15)3/h4-9,16H,18H2,1-3H3. The molecule has 0 radical (unpaired) electrons. The Morgan fingerprint density at radius 3 is 2.44 bits per heavy atom. The number of aryl methyl sites for hydroxylation is 2. The molecule has 1 unspecified atom stereocenters. The SMILES string of the molecule is Cc1cc(Br)cc(C(N)c2cccc(C)c2C)c1. The zero-order valence-corrected chi connectivity index (χ0v) is 12.6. The van der Waals surface area contributed by atoms with Crippen molar-refractivity contribution in [3.8, 4) is 0 Å². The maximum atomic E-state index is 6.40. The molecule has 18 heavy (non-hydrogen) atoms. The van der Waals surface area contributed by atoms with E-state index in [2.05, 4.69) is 73.1 Å². The van der Waals surface area contributed by atoms with Gasteiger partial charge in [0.1, 0.15) is 0 Å². The Labute approximate surface area is 117 Å². The third kappa shape index (κ3) is 2.65. The molecule has 0 amide bonds. The molecule has 1 atom stereocenters. The van der Waals surface area contributed by atoms with Crippen molar-refractivity contribution in [1.82, 2.24) is 0 Å². The van der Waals surface area contributed by atoms with Crippen molar-refractivity contribution in [2.24, 2.45) is 5.73 Å². The second-order valence-corrected chi connectivity index (χ2v) is 5.74. The van der Waals surface area contributed by atoms with Crippen LogP contribution in [0.5, 0.6) is 0 Å². The van der Waals surface area contributed by atoms with Crippen molar-refractivity contribution in [3.05, 3.63) is 68.7 Å². The highest BCUT2D eigenvalue weighted by Crippen LogP contribution is 2.27. The first-order valence-corrected chi connectivity index (χ1v) is 6.87. The Bertz CT molecular complexity index is 555. The number of rotatable bonds is 2. The molecule has 94 valence electrons. The molecule has 0 aromatic heterocycles. The van der Waals surface area contributed by atoms with Gasteiger partial charge in [-0.3, -0.25) is 0 Å². The fourth-order valence-electron chi connectivity index (χ4n) is 2.23. The number of hydrogen-bond acceptors (Lipinski definition) is 1. The summed E-state index contributed by atoms with van der Waals surface area (Å²) in [5.41, 5.74) is 12.5. The van der Waals surface area contributed by atoms with Crippen LogP contribution in [0.2, 0.25) is 0 Å². The lowest BCUT2D eigenvalue weighted by Gasteiger charge is -2.17. The van der Waals surface area contributed by atoms with E-state index < -0.39 is 0 Å². The fraction of sp³-hybridized carbons (Fsp3) is 0.250. The van der Waals surface area contributed by atoms with Crippen molar-refractivity contribution in [3.63, 3.8) is 0 Å². The van der Waals surface area contributed by atoms with Crippen LogP contribution in [0.15, 0.2) is 40.9 Å². The lowest BCUT2D eigenvalue weighted by molar-refractivity contribution is 0.856. The van der Waals surface area contributed by atoms with Crippen molar-refractivity contribution in [2.45, 2.75) is 26.8 Å². The average molecular weight is 304 g/mol. The minimum atomic E-state index is -0.0684. The Morgan fingerprint density at radius 1 is 1.06 bits per heavy atom. The normalized spacial score (nSPS) is 12.5. The van der Waals surface area contributed by atoms with Gasteiger partial charge in [0.05, 0.1) is 6.04 Å². The summed E-state index contributed by atoms with van der Waals surface area (Å²) in [5.74, 6) is 0. The average Bonchev–Trinajstić information content (AvgIpc) is 2.30. The summed E-state index contributed by atoms with van der Waals surface area (Å²) in [5, 5.41) is 0. The van der Waals surface area contributed by atoms with E-state index >= 15 is 0 Å². The molecule has 2 aromatic rings. The number of hydrogen-bond donors (Lipinski definition) is 1. The molecule has 0 spiro atoms. The van der Waals surface area contributed by atoms with Crippen LogP contribution in [0, 0.1) is 20.8 Å². The summed E-state index contributed by atoms with van der Waals surface area (Å²) in [6, 6.07) is 12.6. The van der Waals surface area contributed by atoms with Gasteiger partial charge in [0.2, 0.25) is 0 Å². The summed E-state index contributed by atoms with van der Waals surface area (Å²) in [7, 11) is 0. The molecule has 2 rings (SSSR count). The number of halogens is 1. The van der Waals surface area contributed by atoms with Gasteiger partial charge in [-0.15, -0.1) is 0 Å². The first kappa shape index (κ1) is 13.3. The van der Waals surface area contributed by atoms with Gasteiger partial charge < -0.3 is 5.73 Å². The molecule has 0 aliphatic heterocycles. The van der Waals surface area contributed by atoms with E-state index in [1.807, 2.05) is 0 Å². The van der Waals surface area contributed by atoms with Crippen LogP contribution in [0.1, 0.15) is 33.9 Å². The van der Waals surface area contributed by atoms with Crippen LogP contribution < -0.4 is 5.73 Å². The lowest BCUT2D eigenvalue weighted by atomic mass is 9.93. The molecule has 0 bridgehead atoms. The summed E-state index contributed by atoms with van der Waals surface area (Å²) in [6.07, 6.45) is 0. The van der Waals surface area contributed by atoms with Crippen molar-refractivity contribution >= 4 is 15.9 Å². The highest BCUT2D eigenvalue weighted by atomic mass is 79.9. The van der Waals surface area contributed by atoms with E-state index in [0.717, 1.165) is 10.0 Å². The van der Waals surface area contributed by atoms with Crippen LogP contribution in [0.25, 0.3) is 0 Å². The first-order valence-electron chi connectivity index (χ1n) is 6.08. The summed E-state index contributed by atoms with van der Waals surface area (Å²) in [4.78, 5) is 0. The van der Waals surface area contributed by atoms with Crippen molar-refractivity contribution in [1.29, 1.82) is 0 Å². The first-order chi connectivity index (χ1) is 8.49. The molecule has 0 fully saturated rings. The van der Waals surface area contributed by atoms with E-state index in [1.165, 1.54) is 22.3 Å². The van der Waals surface area contributed by atoms with Crippen LogP contribution in [-0.4, -0.2) is 0 Å². The van der Waals surface area contributed by atoms with E-state index in [-0.39, 0.29) is 6.04 Å². The second kappa shape index (κ2) is 5.25. The largest absolute Gasteiger partial charge is 0.320 e. The molecule has 0 saturated carbocycles. The van der Waals surface area contributed by atoms with Gasteiger partial charge in [-0.05, 0) is 60.7 Å². The predicted octanol–water partition coefficient (Wildman–Crippen LogP) is 4.42. The van der Waals surface area contributed by atoms with Gasteiger partial charge in [-0.1, -0.05) is 40.2 Å². The quantitative estimate of drug-likeness (QED) is 0.873. The number of nitrogens with two attached hydrogens (primary N) is 1. The Hall–Kier alpha value is -1.12. The zero-order chi connectivity index (χ0) is 13.3. The predicted molar refractivity (Wildman–Crippen MR) is 80.8 cm³/mol. The number of benzene rings is 2. The highest BCUT2D eigenvalue weighted by Gasteiger charge is 2.13. The topological polar surface area (TPSA) is 26.0 Å². The second-order valence-electron chi connectivity index (χ2n) is 4.83. The molecule has 2 aromatic carbocycles. The molecule has 0 saturated heterocycles. The molecule has 1 nitrogen and oxygen atoms in total. The molecule has 2 heteroatoms. The van der Waals surface area contributed by atoms with Gasteiger partial charge in [0.25, 0.3) is 0 Å². The van der Waals surface area contributed by atoms with Crippen molar-refractivity contribution < 1.29 is 0 Å². The summed E-state index contributed by atoms with van der Waals surface area (Å²) in [6.45, 7) is 6.34. The maximum absolute atomic E-state index is 6.40. The van der Waals surface area contributed by atoms with Crippen LogP contribution in [0.3, 0.4) is 0 Å². The fourth-order valence-corrected chi connectivity index (χ4v) is 2.86. The van der Waals surface area contributed by atoms with Crippen LogP contribution in [-0.2, 0) is 0 Å². The maximum Gasteiger partial charge on any atom is 0.0554 e. The summed E-state index contributed by atoms with van der Waals surface area (Å²) < 4.78 is 1.08. The molecule has 0 heterocycles. The van der Waals surface area contributed by atoms with Gasteiger partial charge in [-0.25, -0.2) is 0 Å². The minimum absolute atomic E-state index is 0.0684. The summed E-state index contributed by atoms with van der Waals surface area (Å²) >= 11 is 3.53. The van der Waals surface area contributed by atoms with E-state index in [4.69, 9.17) is 5.73 Å². The smallest absolute Gasteiger partial charge is 0.0554 e. The zero-order valence-electron chi connectivity index (χ0n) is 11.0. The molecule has 0 aliphatic carbocycles. The highest BCUT2D eigenvalue weighted by molar-refractivity contribution is 9.10. The molecule has 0 aliphatic rings. The molecular formula is C16H18BrN. The Morgan fingerprint density at radius 2 is 1.78 bits per heavy atom. The van der Waals surface area contributed by atoms with E-state index in [0.29, 0.717) is 0 Å². The van der Waals surface area contributed by atoms with Gasteiger partial charge in [0, 0.05) is 4.47 Å². The lowest BCUT2D eigenvalue weighted by Crippen LogP contribution is -2.14. The van der Waals surface area contributed by atoms with E-state index in [9.17, 15) is 0 Å². The molecular weight excluding hydrogens is 286 g/mol. The van der Waals surface area contributed by atoms with Gasteiger partial charge >= 0.3 is 0 Å². The minimum Gasteiger partial charge on any atom is -0.320 e. The molecule has 2 N–H and O–H groups in total. The van der Waals surface area contributed by atoms with Gasteiger partial charge in [0.15, 0.2) is 0 Å². The van der Waals surface area contributed by atoms with Crippen LogP contribution in [0.4, 0.5) is 0 Å². The third-order valence-corrected chi connectivity index (χ3v) is 3.86. The van der Waals surface area contributed by atoms with Crippen molar-refractivity contribution in [2.75, 3.05) is 0 Å². The monoisotopic (exact) mass is 303 g/mol. The van der Waals surface area contributed by atoms with Gasteiger partial charge in [-0.2, -0.15) is 0 Å². The Balaban J connectivity index is 2.47. The van der Waals surface area contributed by atoms with E-state index in [1.54, 1.807) is 0 Å². The third-order valence-electron chi connectivity index (χ3n) is 3.41.